The molecular formula is C50H59NO7. The first kappa shape index (κ1) is 41.8. The van der Waals surface area contributed by atoms with Crippen LogP contribution >= 0.6 is 0 Å². The fourth-order valence-electron chi connectivity index (χ4n) is 8.47. The first-order valence-electron chi connectivity index (χ1n) is 20.7. The number of hydrogen-bond acceptors (Lipinski definition) is 8. The van der Waals surface area contributed by atoms with Gasteiger partial charge in [0.15, 0.2) is 0 Å². The maximum absolute atomic E-state index is 7.01. The highest BCUT2D eigenvalue weighted by molar-refractivity contribution is 5.34. The van der Waals surface area contributed by atoms with Crippen molar-refractivity contribution in [1.82, 2.24) is 4.90 Å². The molecule has 8 heteroatoms. The molecule has 0 radical (unpaired) electrons. The average molecular weight is 786 g/mol. The lowest BCUT2D eigenvalue weighted by atomic mass is 9.71. The zero-order chi connectivity index (χ0) is 40.0. The maximum Gasteiger partial charge on any atom is 0.229 e. The molecule has 1 aliphatic heterocycles. The second-order valence-corrected chi connectivity index (χ2v) is 15.8. The third-order valence-corrected chi connectivity index (χ3v) is 11.4. The van der Waals surface area contributed by atoms with Crippen molar-refractivity contribution >= 4 is 0 Å². The molecule has 306 valence electrons. The van der Waals surface area contributed by atoms with Crippen molar-refractivity contribution < 1.29 is 33.2 Å². The van der Waals surface area contributed by atoms with E-state index >= 15 is 0 Å². The molecule has 2 aliphatic rings. The molecule has 0 aromatic heterocycles. The first-order chi connectivity index (χ1) is 28.5. The smallest absolute Gasteiger partial charge is 0.229 e. The molecule has 1 saturated carbocycles. The van der Waals surface area contributed by atoms with Crippen molar-refractivity contribution in [3.8, 4) is 5.75 Å². The Bertz CT molecular complexity index is 1910. The van der Waals surface area contributed by atoms with Gasteiger partial charge in [-0.25, -0.2) is 0 Å². The zero-order valence-electron chi connectivity index (χ0n) is 34.2. The minimum atomic E-state index is -0.857. The molecule has 7 rings (SSSR count). The lowest BCUT2D eigenvalue weighted by Gasteiger charge is -2.46. The largest absolute Gasteiger partial charge is 0.462 e. The van der Waals surface area contributed by atoms with Gasteiger partial charge in [-0.1, -0.05) is 146 Å². The lowest BCUT2D eigenvalue weighted by molar-refractivity contribution is -0.310. The fraction of sp³-hybridized carbons (Fsp3) is 0.400. The van der Waals surface area contributed by atoms with Crippen LogP contribution < -0.4 is 4.74 Å². The number of nitrogens with zero attached hydrogens (tertiary/aromatic N) is 1. The van der Waals surface area contributed by atoms with Crippen molar-refractivity contribution in [1.29, 1.82) is 0 Å². The van der Waals surface area contributed by atoms with Gasteiger partial charge in [0.1, 0.15) is 30.2 Å². The van der Waals surface area contributed by atoms with E-state index in [9.17, 15) is 0 Å². The summed E-state index contributed by atoms with van der Waals surface area (Å²) in [6, 6.07) is 49.1. The molecule has 1 saturated heterocycles. The van der Waals surface area contributed by atoms with Crippen LogP contribution in [-0.4, -0.2) is 70.0 Å². The molecule has 5 aromatic rings. The summed E-state index contributed by atoms with van der Waals surface area (Å²) in [5, 5.41) is 0. The maximum atomic E-state index is 7.01. The summed E-state index contributed by atoms with van der Waals surface area (Å²) in [6.45, 7) is 2.67. The normalized spacial score (nSPS) is 24.8. The molecule has 2 fully saturated rings. The number of benzene rings is 5. The van der Waals surface area contributed by atoms with E-state index in [1.165, 1.54) is 6.42 Å². The predicted molar refractivity (Wildman–Crippen MR) is 226 cm³/mol. The summed E-state index contributed by atoms with van der Waals surface area (Å²) >= 11 is 0. The number of hydrogen-bond donors (Lipinski definition) is 0. The zero-order valence-corrected chi connectivity index (χ0v) is 34.2. The molecule has 58 heavy (non-hydrogen) atoms. The van der Waals surface area contributed by atoms with E-state index < -0.39 is 36.3 Å². The van der Waals surface area contributed by atoms with Gasteiger partial charge in [0.25, 0.3) is 0 Å². The molecule has 1 aliphatic carbocycles. The van der Waals surface area contributed by atoms with Gasteiger partial charge in [-0.05, 0) is 66.9 Å². The first-order valence-corrected chi connectivity index (χ1v) is 20.7. The van der Waals surface area contributed by atoms with E-state index in [1.54, 1.807) is 0 Å². The molecular weight excluding hydrogens is 727 g/mol. The van der Waals surface area contributed by atoms with E-state index in [-0.39, 0.29) is 6.61 Å². The number of rotatable bonds is 19. The topological polar surface area (TPSA) is 67.9 Å². The van der Waals surface area contributed by atoms with Gasteiger partial charge in [0.2, 0.25) is 6.29 Å². The molecule has 0 amide bonds. The summed E-state index contributed by atoms with van der Waals surface area (Å²) < 4.78 is 47.6. The van der Waals surface area contributed by atoms with E-state index in [2.05, 4.69) is 85.7 Å². The number of methoxy groups -OCH3 is 1. The van der Waals surface area contributed by atoms with E-state index in [0.29, 0.717) is 38.1 Å². The third kappa shape index (κ3) is 11.0. The van der Waals surface area contributed by atoms with E-state index in [1.807, 2.05) is 86.0 Å². The Labute approximate surface area is 345 Å². The summed E-state index contributed by atoms with van der Waals surface area (Å²) in [7, 11) is 6.12. The van der Waals surface area contributed by atoms with Crippen LogP contribution in [0.25, 0.3) is 0 Å². The standard InChI is InChI=1S/C50H59NO7/c1-51(2)32-43-27-16-17-30-50(43,52-3)42-28-18-29-44(31-42)57-49-48(56-36-41-25-14-7-15-26-41)47(55-35-40-23-12-6-13-24-40)46(54-34-39-21-10-5-11-22-39)45(58-49)37-53-33-38-19-8-4-9-20-38/h4-15,18-26,28-29,31,43,45-49H,16-17,27,30,32-37H2,1-3H3/t43-,45?,46-,47-,48?,49+,50+/m1/s1. The Hall–Kier alpha value is -4.38. The quantitative estimate of drug-likeness (QED) is 0.0821. The highest BCUT2D eigenvalue weighted by Crippen LogP contribution is 2.46. The second-order valence-electron chi connectivity index (χ2n) is 15.8. The van der Waals surface area contributed by atoms with Crippen molar-refractivity contribution in [2.75, 3.05) is 34.4 Å². The summed E-state index contributed by atoms with van der Waals surface area (Å²) in [5.74, 6) is 1.02. The molecule has 2 unspecified atom stereocenters. The molecule has 8 nitrogen and oxygen atoms in total. The average Bonchev–Trinajstić information content (AvgIpc) is 3.26. The van der Waals surface area contributed by atoms with Gasteiger partial charge in [-0.2, -0.15) is 0 Å². The van der Waals surface area contributed by atoms with Crippen molar-refractivity contribution in [2.24, 2.45) is 5.92 Å². The van der Waals surface area contributed by atoms with Crippen LogP contribution in [-0.2, 0) is 60.4 Å². The Morgan fingerprint density at radius 1 is 0.603 bits per heavy atom. The molecule has 0 bridgehead atoms. The summed E-state index contributed by atoms with van der Waals surface area (Å²) in [5.41, 5.74) is 4.89. The van der Waals surface area contributed by atoms with Crippen LogP contribution in [0.5, 0.6) is 5.75 Å². The van der Waals surface area contributed by atoms with Gasteiger partial charge >= 0.3 is 0 Å². The van der Waals surface area contributed by atoms with Crippen LogP contribution in [0.15, 0.2) is 146 Å². The Balaban J connectivity index is 1.24. The van der Waals surface area contributed by atoms with E-state index in [0.717, 1.165) is 53.6 Å². The molecule has 7 atom stereocenters. The second kappa shape index (κ2) is 21.0. The summed E-state index contributed by atoms with van der Waals surface area (Å²) in [4.78, 5) is 2.26. The van der Waals surface area contributed by atoms with Crippen LogP contribution in [0.2, 0.25) is 0 Å². The lowest BCUT2D eigenvalue weighted by Crippen LogP contribution is -2.62. The van der Waals surface area contributed by atoms with Crippen LogP contribution in [0.1, 0.15) is 53.5 Å². The van der Waals surface area contributed by atoms with Crippen molar-refractivity contribution in [3.05, 3.63) is 173 Å². The Morgan fingerprint density at radius 3 is 1.69 bits per heavy atom. The monoisotopic (exact) mass is 785 g/mol. The minimum absolute atomic E-state index is 0.254. The van der Waals surface area contributed by atoms with Gasteiger partial charge in [-0.15, -0.1) is 0 Å². The van der Waals surface area contributed by atoms with Crippen LogP contribution in [0, 0.1) is 5.92 Å². The molecule has 5 aromatic carbocycles. The Kier molecular flexibility index (Phi) is 15.2. The molecule has 0 spiro atoms. The van der Waals surface area contributed by atoms with Crippen molar-refractivity contribution in [2.45, 2.75) is 88.4 Å². The van der Waals surface area contributed by atoms with E-state index in [4.69, 9.17) is 33.2 Å². The summed E-state index contributed by atoms with van der Waals surface area (Å²) in [6.07, 6.45) is 1.13. The Morgan fingerprint density at radius 2 is 1.14 bits per heavy atom. The molecule has 1 heterocycles. The van der Waals surface area contributed by atoms with Crippen LogP contribution in [0.3, 0.4) is 0 Å². The fourth-order valence-corrected chi connectivity index (χ4v) is 8.47. The third-order valence-electron chi connectivity index (χ3n) is 11.4. The van der Waals surface area contributed by atoms with Crippen molar-refractivity contribution in [3.63, 3.8) is 0 Å². The van der Waals surface area contributed by atoms with Gasteiger partial charge in [-0.3, -0.25) is 0 Å². The van der Waals surface area contributed by atoms with Gasteiger partial charge < -0.3 is 38.1 Å². The predicted octanol–water partition coefficient (Wildman–Crippen LogP) is 9.36. The van der Waals surface area contributed by atoms with Gasteiger partial charge in [0, 0.05) is 19.6 Å². The SMILES string of the molecule is CO[C@]1(c2cccc(O[C@H]3OC(COCc4ccccc4)[C@@H](OCc4ccccc4)[C@@H](OCc4ccccc4)C3OCc3ccccc3)c2)CCCC[C@@H]1CN(C)C. The molecule has 0 N–H and O–H groups in total. The highest BCUT2D eigenvalue weighted by atomic mass is 16.7. The van der Waals surface area contributed by atoms with Crippen LogP contribution in [0.4, 0.5) is 0 Å². The minimum Gasteiger partial charge on any atom is -0.462 e. The van der Waals surface area contributed by atoms with Gasteiger partial charge in [0.05, 0.1) is 38.6 Å². The highest BCUT2D eigenvalue weighted by Gasteiger charge is 2.50. The number of ether oxygens (including phenoxy) is 7.